The van der Waals surface area contributed by atoms with E-state index in [9.17, 15) is 5.11 Å². The summed E-state index contributed by atoms with van der Waals surface area (Å²) in [5.74, 6) is 0.891. The molecule has 1 aliphatic heterocycles. The maximum Gasteiger partial charge on any atom is 0.193 e. The summed E-state index contributed by atoms with van der Waals surface area (Å²) in [5, 5.41) is 12.4. The molecule has 0 saturated carbocycles. The monoisotopic (exact) mass is 494 g/mol. The molecule has 1 fully saturated rings. The molecule has 28 heavy (non-hydrogen) atoms. The van der Waals surface area contributed by atoms with Gasteiger partial charge in [0.2, 0.25) is 0 Å². The lowest BCUT2D eigenvalue weighted by atomic mass is 9.97. The van der Waals surface area contributed by atoms with Crippen molar-refractivity contribution in [2.45, 2.75) is 32.7 Å². The Hall–Kier alpha value is -1.80. The Morgan fingerprint density at radius 3 is 2.50 bits per heavy atom. The van der Waals surface area contributed by atoms with E-state index in [1.165, 1.54) is 11.3 Å². The summed E-state index contributed by atoms with van der Waals surface area (Å²) in [4.78, 5) is 6.84. The third-order valence-corrected chi connectivity index (χ3v) is 5.21. The molecule has 0 aromatic heterocycles. The van der Waals surface area contributed by atoms with Gasteiger partial charge in [0.15, 0.2) is 5.96 Å². The average molecular weight is 494 g/mol. The molecule has 0 atom stereocenters. The molecule has 4 N–H and O–H groups in total. The molecule has 0 radical (unpaired) electrons. The molecule has 1 saturated heterocycles. The minimum Gasteiger partial charge on any atom is -0.396 e. The van der Waals surface area contributed by atoms with Crippen LogP contribution in [-0.2, 0) is 13.0 Å². The second-order valence-electron chi connectivity index (χ2n) is 7.16. The number of piperidine rings is 1. The number of aliphatic imine (C=N–C) groups is 1. The standard InChI is InChI=1S/C22H30N4O.HI/c1-2-17-4-3-5-20(14-17)25-22(23)24-15-18-6-8-21(9-7-18)26-12-10-19(16-27)11-13-26;/h3-9,14,19,27H,2,10-13,15-16H2,1H3,(H3,23,24,25);1H. The quantitative estimate of drug-likeness (QED) is 0.323. The molecule has 0 unspecified atom stereocenters. The van der Waals surface area contributed by atoms with Gasteiger partial charge in [0, 0.05) is 31.1 Å². The zero-order valence-corrected chi connectivity index (χ0v) is 18.8. The van der Waals surface area contributed by atoms with E-state index in [4.69, 9.17) is 5.73 Å². The van der Waals surface area contributed by atoms with Crippen molar-refractivity contribution in [2.75, 3.05) is 29.9 Å². The summed E-state index contributed by atoms with van der Waals surface area (Å²) < 4.78 is 0. The van der Waals surface area contributed by atoms with Gasteiger partial charge in [-0.2, -0.15) is 0 Å². The van der Waals surface area contributed by atoms with Gasteiger partial charge in [0.1, 0.15) is 0 Å². The number of nitrogens with zero attached hydrogens (tertiary/aromatic N) is 2. The Balaban J connectivity index is 0.00000280. The SMILES string of the molecule is CCc1cccc(NC(N)=NCc2ccc(N3CCC(CO)CC3)cc2)c1.I. The van der Waals surface area contributed by atoms with Gasteiger partial charge >= 0.3 is 0 Å². The summed E-state index contributed by atoms with van der Waals surface area (Å²) >= 11 is 0. The van der Waals surface area contributed by atoms with Gasteiger partial charge in [0.05, 0.1) is 6.54 Å². The van der Waals surface area contributed by atoms with Crippen molar-refractivity contribution in [1.29, 1.82) is 0 Å². The number of anilines is 2. The molecule has 0 aliphatic carbocycles. The van der Waals surface area contributed by atoms with Crippen molar-refractivity contribution >= 4 is 41.3 Å². The fraction of sp³-hybridized carbons (Fsp3) is 0.409. The van der Waals surface area contributed by atoms with Crippen molar-refractivity contribution in [2.24, 2.45) is 16.6 Å². The summed E-state index contributed by atoms with van der Waals surface area (Å²) in [6.45, 7) is 5.02. The van der Waals surface area contributed by atoms with Gasteiger partial charge in [-0.25, -0.2) is 4.99 Å². The van der Waals surface area contributed by atoms with E-state index in [-0.39, 0.29) is 24.0 Å². The van der Waals surface area contributed by atoms with Gasteiger partial charge in [-0.1, -0.05) is 31.2 Å². The average Bonchev–Trinajstić information content (AvgIpc) is 2.73. The number of aryl methyl sites for hydroxylation is 1. The molecule has 0 amide bonds. The van der Waals surface area contributed by atoms with E-state index in [0.29, 0.717) is 25.0 Å². The lowest BCUT2D eigenvalue weighted by molar-refractivity contribution is 0.203. The lowest BCUT2D eigenvalue weighted by Gasteiger charge is -2.32. The first kappa shape index (κ1) is 22.5. The molecule has 5 nitrogen and oxygen atoms in total. The van der Waals surface area contributed by atoms with Crippen LogP contribution < -0.4 is 16.0 Å². The first-order chi connectivity index (χ1) is 13.2. The number of guanidine groups is 1. The van der Waals surface area contributed by atoms with E-state index in [1.54, 1.807) is 0 Å². The van der Waals surface area contributed by atoms with Gasteiger partial charge in [-0.3, -0.25) is 0 Å². The van der Waals surface area contributed by atoms with E-state index >= 15 is 0 Å². The van der Waals surface area contributed by atoms with Crippen molar-refractivity contribution < 1.29 is 5.11 Å². The molecule has 2 aromatic carbocycles. The van der Waals surface area contributed by atoms with Gasteiger partial charge in [0.25, 0.3) is 0 Å². The third kappa shape index (κ3) is 6.38. The van der Waals surface area contributed by atoms with Crippen LogP contribution in [0.25, 0.3) is 0 Å². The minimum absolute atomic E-state index is 0. The number of halogens is 1. The lowest BCUT2D eigenvalue weighted by Crippen LogP contribution is -2.34. The van der Waals surface area contributed by atoms with Crippen molar-refractivity contribution in [3.05, 3.63) is 59.7 Å². The third-order valence-electron chi connectivity index (χ3n) is 5.21. The Bertz CT molecular complexity index is 755. The molecule has 1 aliphatic rings. The van der Waals surface area contributed by atoms with Crippen molar-refractivity contribution in [3.8, 4) is 0 Å². The van der Waals surface area contributed by atoms with Crippen LogP contribution in [0.1, 0.15) is 30.9 Å². The second kappa shape index (κ2) is 11.3. The number of aliphatic hydroxyl groups excluding tert-OH is 1. The van der Waals surface area contributed by atoms with E-state index in [2.05, 4.69) is 58.5 Å². The van der Waals surface area contributed by atoms with Crippen LogP contribution in [0.4, 0.5) is 11.4 Å². The van der Waals surface area contributed by atoms with Crippen LogP contribution in [0.3, 0.4) is 0 Å². The molecule has 6 heteroatoms. The van der Waals surface area contributed by atoms with Crippen LogP contribution in [-0.4, -0.2) is 30.8 Å². The number of benzene rings is 2. The van der Waals surface area contributed by atoms with Crippen LogP contribution in [0.2, 0.25) is 0 Å². The van der Waals surface area contributed by atoms with E-state index < -0.39 is 0 Å². The van der Waals surface area contributed by atoms with Crippen molar-refractivity contribution in [3.63, 3.8) is 0 Å². The van der Waals surface area contributed by atoms with E-state index in [1.807, 2.05) is 12.1 Å². The topological polar surface area (TPSA) is 73.9 Å². The van der Waals surface area contributed by atoms with Gasteiger partial charge in [-0.05, 0) is 60.6 Å². The number of nitrogens with one attached hydrogen (secondary N) is 1. The van der Waals surface area contributed by atoms with Gasteiger partial charge in [-0.15, -0.1) is 24.0 Å². The highest BCUT2D eigenvalue weighted by molar-refractivity contribution is 14.0. The maximum atomic E-state index is 9.26. The minimum atomic E-state index is 0. The fourth-order valence-corrected chi connectivity index (χ4v) is 3.42. The predicted octanol–water partition coefficient (Wildman–Crippen LogP) is 4.00. The molecular formula is C22H31IN4O. The van der Waals surface area contributed by atoms with Crippen LogP contribution in [0.5, 0.6) is 0 Å². The summed E-state index contributed by atoms with van der Waals surface area (Å²) in [6, 6.07) is 16.7. The van der Waals surface area contributed by atoms with Crippen molar-refractivity contribution in [1.82, 2.24) is 0 Å². The van der Waals surface area contributed by atoms with Crippen LogP contribution >= 0.6 is 24.0 Å². The molecule has 0 spiro atoms. The molecule has 1 heterocycles. The van der Waals surface area contributed by atoms with E-state index in [0.717, 1.165) is 43.6 Å². The highest BCUT2D eigenvalue weighted by Gasteiger charge is 2.18. The van der Waals surface area contributed by atoms with Crippen LogP contribution in [0.15, 0.2) is 53.5 Å². The molecular weight excluding hydrogens is 463 g/mol. The smallest absolute Gasteiger partial charge is 0.193 e. The summed E-state index contributed by atoms with van der Waals surface area (Å²) in [7, 11) is 0. The molecule has 2 aromatic rings. The second-order valence-corrected chi connectivity index (χ2v) is 7.16. The zero-order chi connectivity index (χ0) is 19.1. The Labute approximate surface area is 185 Å². The predicted molar refractivity (Wildman–Crippen MR) is 129 cm³/mol. The first-order valence-corrected chi connectivity index (χ1v) is 9.78. The van der Waals surface area contributed by atoms with Crippen LogP contribution in [0, 0.1) is 5.92 Å². The molecule has 0 bridgehead atoms. The first-order valence-electron chi connectivity index (χ1n) is 9.78. The number of aliphatic hydroxyl groups is 1. The number of rotatable bonds is 6. The fourth-order valence-electron chi connectivity index (χ4n) is 3.42. The summed E-state index contributed by atoms with van der Waals surface area (Å²) in [6.07, 6.45) is 3.12. The zero-order valence-electron chi connectivity index (χ0n) is 16.5. The normalized spacial score (nSPS) is 15.2. The summed E-state index contributed by atoms with van der Waals surface area (Å²) in [5.41, 5.74) is 10.6. The Kier molecular flexibility index (Phi) is 9.05. The maximum absolute atomic E-state index is 9.26. The largest absolute Gasteiger partial charge is 0.396 e. The number of hydrogen-bond acceptors (Lipinski definition) is 3. The molecule has 152 valence electrons. The highest BCUT2D eigenvalue weighted by atomic mass is 127. The number of hydrogen-bond donors (Lipinski definition) is 3. The Morgan fingerprint density at radius 2 is 1.86 bits per heavy atom. The molecule has 3 rings (SSSR count). The Morgan fingerprint density at radius 1 is 1.14 bits per heavy atom. The van der Waals surface area contributed by atoms with Gasteiger partial charge < -0.3 is 21.1 Å². The number of nitrogens with two attached hydrogens (primary N) is 1. The highest BCUT2D eigenvalue weighted by Crippen LogP contribution is 2.23.